The molecule has 0 aromatic carbocycles. The smallest absolute Gasteiger partial charge is 0.312 e. The fraction of sp³-hybridized carbons (Fsp3) is 0.818. The predicted octanol–water partition coefficient (Wildman–Crippen LogP) is -0.466. The lowest BCUT2D eigenvalue weighted by molar-refractivity contribution is -0.127. The zero-order valence-corrected chi connectivity index (χ0v) is 10.2. The van der Waals surface area contributed by atoms with E-state index in [1.165, 1.54) is 0 Å². The van der Waals surface area contributed by atoms with Gasteiger partial charge in [0.2, 0.25) is 5.91 Å². The molecule has 17 heavy (non-hydrogen) atoms. The monoisotopic (exact) mass is 242 g/mol. The van der Waals surface area contributed by atoms with Gasteiger partial charge < -0.3 is 22.1 Å². The van der Waals surface area contributed by atoms with E-state index in [1.54, 1.807) is 0 Å². The van der Waals surface area contributed by atoms with E-state index in [1.807, 2.05) is 0 Å². The number of nitrogens with one attached hydrogen (secondary N) is 2. The van der Waals surface area contributed by atoms with Crippen molar-refractivity contribution >= 4 is 11.9 Å². The molecule has 0 aliphatic heterocycles. The Morgan fingerprint density at radius 3 is 2.47 bits per heavy atom. The molecule has 0 bridgehead atoms. The minimum atomic E-state index is -0.573. The first kappa shape index (κ1) is 13.8. The Labute approximate surface area is 101 Å². The van der Waals surface area contributed by atoms with Crippen molar-refractivity contribution in [1.29, 1.82) is 0 Å². The van der Waals surface area contributed by atoms with Gasteiger partial charge in [-0.3, -0.25) is 4.79 Å². The summed E-state index contributed by atoms with van der Waals surface area (Å²) in [4.78, 5) is 22.3. The molecule has 1 aliphatic carbocycles. The summed E-state index contributed by atoms with van der Waals surface area (Å²) in [7, 11) is 0. The summed E-state index contributed by atoms with van der Waals surface area (Å²) >= 11 is 0. The van der Waals surface area contributed by atoms with E-state index in [9.17, 15) is 9.59 Å². The number of carbonyl (C=O) groups is 2. The maximum absolute atomic E-state index is 11.9. The Kier molecular flexibility index (Phi) is 5.21. The van der Waals surface area contributed by atoms with Gasteiger partial charge in [0.25, 0.3) is 0 Å². The Balaban J connectivity index is 2.25. The first-order valence-corrected chi connectivity index (χ1v) is 6.07. The van der Waals surface area contributed by atoms with Gasteiger partial charge in [-0.2, -0.15) is 0 Å². The fourth-order valence-electron chi connectivity index (χ4n) is 2.33. The van der Waals surface area contributed by atoms with E-state index in [0.717, 1.165) is 19.3 Å². The van der Waals surface area contributed by atoms with Crippen molar-refractivity contribution in [2.75, 3.05) is 13.1 Å². The summed E-state index contributed by atoms with van der Waals surface area (Å²) < 4.78 is 0. The zero-order valence-electron chi connectivity index (χ0n) is 10.2. The van der Waals surface area contributed by atoms with Crippen molar-refractivity contribution in [3.63, 3.8) is 0 Å². The van der Waals surface area contributed by atoms with Crippen LogP contribution in [0, 0.1) is 11.8 Å². The summed E-state index contributed by atoms with van der Waals surface area (Å²) in [5, 5.41) is 5.23. The van der Waals surface area contributed by atoms with Crippen molar-refractivity contribution in [3.05, 3.63) is 0 Å². The van der Waals surface area contributed by atoms with E-state index in [4.69, 9.17) is 11.5 Å². The first-order chi connectivity index (χ1) is 8.00. The second-order valence-electron chi connectivity index (χ2n) is 4.74. The third-order valence-corrected chi connectivity index (χ3v) is 3.27. The van der Waals surface area contributed by atoms with Crippen LogP contribution in [0.3, 0.4) is 0 Å². The van der Waals surface area contributed by atoms with Crippen molar-refractivity contribution < 1.29 is 9.59 Å². The molecule has 0 aromatic heterocycles. The summed E-state index contributed by atoms with van der Waals surface area (Å²) in [6, 6.07) is -0.346. The molecule has 0 saturated heterocycles. The number of carbonyl (C=O) groups excluding carboxylic acids is 2. The number of rotatable bonds is 4. The van der Waals surface area contributed by atoms with Gasteiger partial charge in [-0.15, -0.1) is 0 Å². The van der Waals surface area contributed by atoms with E-state index in [2.05, 4.69) is 17.6 Å². The summed E-state index contributed by atoms with van der Waals surface area (Å²) in [5.41, 5.74) is 10.8. The van der Waals surface area contributed by atoms with Crippen LogP contribution in [0.15, 0.2) is 0 Å². The molecule has 0 heterocycles. The molecule has 6 nitrogen and oxygen atoms in total. The molecule has 3 amide bonds. The number of hydrogen-bond donors (Lipinski definition) is 4. The molecule has 98 valence electrons. The van der Waals surface area contributed by atoms with Crippen LogP contribution < -0.4 is 22.1 Å². The maximum atomic E-state index is 11.9. The summed E-state index contributed by atoms with van der Waals surface area (Å²) in [6.45, 7) is 2.84. The van der Waals surface area contributed by atoms with E-state index < -0.39 is 6.03 Å². The lowest BCUT2D eigenvalue weighted by Gasteiger charge is -2.31. The van der Waals surface area contributed by atoms with Gasteiger partial charge in [0.1, 0.15) is 0 Å². The minimum absolute atomic E-state index is 0.0448. The molecule has 3 atom stereocenters. The van der Waals surface area contributed by atoms with Gasteiger partial charge in [-0.1, -0.05) is 6.92 Å². The van der Waals surface area contributed by atoms with Crippen LogP contribution in [0.1, 0.15) is 26.2 Å². The topological polar surface area (TPSA) is 110 Å². The molecule has 3 unspecified atom stereocenters. The minimum Gasteiger partial charge on any atom is -0.354 e. The molecule has 6 heteroatoms. The molecule has 6 N–H and O–H groups in total. The number of hydrogen-bond acceptors (Lipinski definition) is 3. The lowest BCUT2D eigenvalue weighted by Crippen LogP contribution is -2.43. The van der Waals surface area contributed by atoms with Crippen molar-refractivity contribution in [2.45, 2.75) is 32.2 Å². The van der Waals surface area contributed by atoms with Gasteiger partial charge in [0.15, 0.2) is 0 Å². The molecule has 1 aliphatic rings. The predicted molar refractivity (Wildman–Crippen MR) is 65.1 cm³/mol. The Morgan fingerprint density at radius 2 is 1.88 bits per heavy atom. The highest BCUT2D eigenvalue weighted by molar-refractivity contribution is 5.79. The molecular weight excluding hydrogens is 220 g/mol. The highest BCUT2D eigenvalue weighted by atomic mass is 16.2. The second kappa shape index (κ2) is 6.44. The number of primary amides is 1. The van der Waals surface area contributed by atoms with E-state index >= 15 is 0 Å². The highest BCUT2D eigenvalue weighted by Crippen LogP contribution is 2.28. The van der Waals surface area contributed by atoms with Crippen LogP contribution in [-0.2, 0) is 4.79 Å². The second-order valence-corrected chi connectivity index (χ2v) is 4.74. The molecule has 1 saturated carbocycles. The van der Waals surface area contributed by atoms with Crippen molar-refractivity contribution in [3.8, 4) is 0 Å². The lowest BCUT2D eigenvalue weighted by atomic mass is 9.78. The fourth-order valence-corrected chi connectivity index (χ4v) is 2.33. The van der Waals surface area contributed by atoms with Gasteiger partial charge in [-0.25, -0.2) is 4.79 Å². The SMILES string of the molecule is CC1CC(N)CCC1C(=O)NCCNC(N)=O. The van der Waals surface area contributed by atoms with Gasteiger partial charge in [0.05, 0.1) is 0 Å². The van der Waals surface area contributed by atoms with E-state index in [0.29, 0.717) is 19.0 Å². The number of nitrogens with two attached hydrogens (primary N) is 2. The average Bonchev–Trinajstić information content (AvgIpc) is 2.23. The van der Waals surface area contributed by atoms with Crippen molar-refractivity contribution in [2.24, 2.45) is 23.3 Å². The Morgan fingerprint density at radius 1 is 1.24 bits per heavy atom. The average molecular weight is 242 g/mol. The highest BCUT2D eigenvalue weighted by Gasteiger charge is 2.30. The Hall–Kier alpha value is -1.30. The standard InChI is InChI=1S/C11H22N4O2/c1-7-6-8(12)2-3-9(7)10(16)14-4-5-15-11(13)17/h7-9H,2-6,12H2,1H3,(H,14,16)(H3,13,15,17). The van der Waals surface area contributed by atoms with Crippen LogP contribution in [0.2, 0.25) is 0 Å². The van der Waals surface area contributed by atoms with Crippen LogP contribution in [-0.4, -0.2) is 31.1 Å². The van der Waals surface area contributed by atoms with E-state index in [-0.39, 0.29) is 17.9 Å². The zero-order chi connectivity index (χ0) is 12.8. The first-order valence-electron chi connectivity index (χ1n) is 6.07. The van der Waals surface area contributed by atoms with Gasteiger partial charge >= 0.3 is 6.03 Å². The third kappa shape index (κ3) is 4.60. The molecule has 1 rings (SSSR count). The molecule has 0 spiro atoms. The summed E-state index contributed by atoms with van der Waals surface area (Å²) in [6.07, 6.45) is 2.65. The van der Waals surface area contributed by atoms with Crippen molar-refractivity contribution in [1.82, 2.24) is 10.6 Å². The number of amides is 3. The molecule has 0 radical (unpaired) electrons. The Bertz CT molecular complexity index is 283. The maximum Gasteiger partial charge on any atom is 0.312 e. The van der Waals surface area contributed by atoms with Crippen LogP contribution in [0.5, 0.6) is 0 Å². The van der Waals surface area contributed by atoms with Crippen LogP contribution >= 0.6 is 0 Å². The van der Waals surface area contributed by atoms with Gasteiger partial charge in [0, 0.05) is 25.0 Å². The van der Waals surface area contributed by atoms with Crippen LogP contribution in [0.4, 0.5) is 4.79 Å². The number of urea groups is 1. The van der Waals surface area contributed by atoms with Gasteiger partial charge in [-0.05, 0) is 25.2 Å². The molecular formula is C11H22N4O2. The summed E-state index contributed by atoms with van der Waals surface area (Å²) in [5.74, 6) is 0.418. The van der Waals surface area contributed by atoms with Crippen LogP contribution in [0.25, 0.3) is 0 Å². The molecule has 1 fully saturated rings. The largest absolute Gasteiger partial charge is 0.354 e. The quantitative estimate of drug-likeness (QED) is 0.500. The third-order valence-electron chi connectivity index (χ3n) is 3.27. The normalized spacial score (nSPS) is 28.5. The molecule has 0 aromatic rings.